The van der Waals surface area contributed by atoms with Gasteiger partial charge in [0.1, 0.15) is 5.82 Å². The number of carbonyl (C=O) groups is 1. The highest BCUT2D eigenvalue weighted by molar-refractivity contribution is 7.14. The van der Waals surface area contributed by atoms with Crippen LogP contribution >= 0.6 is 11.3 Å². The summed E-state index contributed by atoms with van der Waals surface area (Å²) < 4.78 is 13.0. The topological polar surface area (TPSA) is 42.0 Å². The van der Waals surface area contributed by atoms with Crippen molar-refractivity contribution in [2.45, 2.75) is 26.7 Å². The van der Waals surface area contributed by atoms with E-state index in [9.17, 15) is 9.18 Å². The Kier molecular flexibility index (Phi) is 3.95. The number of benzene rings is 1. The Bertz CT molecular complexity index is 607. The maximum Gasteiger partial charge on any atom is 0.257 e. The van der Waals surface area contributed by atoms with E-state index >= 15 is 0 Å². The van der Waals surface area contributed by atoms with Crippen molar-refractivity contribution in [2.75, 3.05) is 5.32 Å². The number of amides is 1. The van der Waals surface area contributed by atoms with E-state index in [1.165, 1.54) is 29.5 Å². The first-order chi connectivity index (χ1) is 8.97. The number of rotatable bonds is 3. The Morgan fingerprint density at radius 3 is 2.74 bits per heavy atom. The van der Waals surface area contributed by atoms with Gasteiger partial charge in [-0.1, -0.05) is 13.8 Å². The van der Waals surface area contributed by atoms with E-state index in [-0.39, 0.29) is 11.7 Å². The van der Waals surface area contributed by atoms with Crippen LogP contribution in [-0.4, -0.2) is 10.9 Å². The van der Waals surface area contributed by atoms with Gasteiger partial charge in [0.15, 0.2) is 5.13 Å². The molecule has 0 saturated carbocycles. The third-order valence-electron chi connectivity index (χ3n) is 2.77. The lowest BCUT2D eigenvalue weighted by atomic mass is 10.1. The minimum Gasteiger partial charge on any atom is -0.298 e. The number of hydrogen-bond acceptors (Lipinski definition) is 3. The molecule has 3 nitrogen and oxygen atoms in total. The second-order valence-corrected chi connectivity index (χ2v) is 5.50. The van der Waals surface area contributed by atoms with Crippen LogP contribution in [0.5, 0.6) is 0 Å². The number of aromatic nitrogens is 1. The third-order valence-corrected chi connectivity index (χ3v) is 3.54. The van der Waals surface area contributed by atoms with Gasteiger partial charge in [-0.25, -0.2) is 9.37 Å². The summed E-state index contributed by atoms with van der Waals surface area (Å²) in [5, 5.41) is 5.24. The summed E-state index contributed by atoms with van der Waals surface area (Å²) in [5.74, 6) is -0.276. The predicted molar refractivity (Wildman–Crippen MR) is 75.3 cm³/mol. The molecule has 0 saturated heterocycles. The Morgan fingerprint density at radius 2 is 2.16 bits per heavy atom. The molecule has 1 aromatic heterocycles. The smallest absolute Gasteiger partial charge is 0.257 e. The normalized spacial score (nSPS) is 10.8. The van der Waals surface area contributed by atoms with Gasteiger partial charge in [-0.3, -0.25) is 10.1 Å². The van der Waals surface area contributed by atoms with Crippen LogP contribution in [0.3, 0.4) is 0 Å². The van der Waals surface area contributed by atoms with Crippen LogP contribution in [0.1, 0.15) is 41.4 Å². The number of halogens is 1. The molecule has 100 valence electrons. The molecule has 0 aliphatic rings. The molecule has 0 bridgehead atoms. The molecule has 19 heavy (non-hydrogen) atoms. The quantitative estimate of drug-likeness (QED) is 0.923. The zero-order chi connectivity index (χ0) is 14.0. The lowest BCUT2D eigenvalue weighted by Crippen LogP contribution is -2.13. The van der Waals surface area contributed by atoms with Crippen LogP contribution in [-0.2, 0) is 0 Å². The number of nitrogens with one attached hydrogen (secondary N) is 1. The summed E-state index contributed by atoms with van der Waals surface area (Å²) in [6.07, 6.45) is 0. The molecule has 1 N–H and O–H groups in total. The van der Waals surface area contributed by atoms with Crippen molar-refractivity contribution in [3.8, 4) is 0 Å². The molecule has 1 heterocycles. The molecule has 0 aliphatic heterocycles. The SMILES string of the molecule is Cc1cc(F)ccc1C(=O)Nc1nc(C(C)C)cs1. The minimum absolute atomic E-state index is 0.262. The molecule has 0 fully saturated rings. The summed E-state index contributed by atoms with van der Waals surface area (Å²) in [6.45, 7) is 5.80. The number of carbonyl (C=O) groups excluding carboxylic acids is 1. The maximum atomic E-state index is 13.0. The van der Waals surface area contributed by atoms with Crippen LogP contribution < -0.4 is 5.32 Å². The molecular formula is C14H15FN2OS. The van der Waals surface area contributed by atoms with E-state index in [4.69, 9.17) is 0 Å². The van der Waals surface area contributed by atoms with Crippen molar-refractivity contribution >= 4 is 22.4 Å². The van der Waals surface area contributed by atoms with Crippen LogP contribution in [0.15, 0.2) is 23.6 Å². The third kappa shape index (κ3) is 3.17. The first kappa shape index (κ1) is 13.7. The molecule has 0 aliphatic carbocycles. The van der Waals surface area contributed by atoms with Crippen LogP contribution in [0, 0.1) is 12.7 Å². The van der Waals surface area contributed by atoms with Gasteiger partial charge in [0.25, 0.3) is 5.91 Å². The zero-order valence-corrected chi connectivity index (χ0v) is 11.8. The monoisotopic (exact) mass is 278 g/mol. The van der Waals surface area contributed by atoms with Crippen molar-refractivity contribution < 1.29 is 9.18 Å². The maximum absolute atomic E-state index is 13.0. The highest BCUT2D eigenvalue weighted by Crippen LogP contribution is 2.22. The van der Waals surface area contributed by atoms with E-state index in [2.05, 4.69) is 10.3 Å². The lowest BCUT2D eigenvalue weighted by molar-refractivity contribution is 0.102. The van der Waals surface area contributed by atoms with E-state index in [0.717, 1.165) is 5.69 Å². The van der Waals surface area contributed by atoms with Gasteiger partial charge in [-0.2, -0.15) is 0 Å². The Morgan fingerprint density at radius 1 is 1.42 bits per heavy atom. The minimum atomic E-state index is -0.342. The second-order valence-electron chi connectivity index (χ2n) is 4.65. The van der Waals surface area contributed by atoms with Crippen molar-refractivity contribution in [2.24, 2.45) is 0 Å². The van der Waals surface area contributed by atoms with Crippen LogP contribution in [0.2, 0.25) is 0 Å². The number of thiazole rings is 1. The standard InChI is InChI=1S/C14H15FN2OS/c1-8(2)12-7-19-14(16-12)17-13(18)11-5-4-10(15)6-9(11)3/h4-8H,1-3H3,(H,16,17,18). The van der Waals surface area contributed by atoms with Crippen LogP contribution in [0.4, 0.5) is 9.52 Å². The molecule has 2 aromatic rings. The van der Waals surface area contributed by atoms with E-state index < -0.39 is 0 Å². The molecule has 0 radical (unpaired) electrons. The van der Waals surface area contributed by atoms with Gasteiger partial charge in [0.2, 0.25) is 0 Å². The zero-order valence-electron chi connectivity index (χ0n) is 11.0. The van der Waals surface area contributed by atoms with Gasteiger partial charge < -0.3 is 0 Å². The summed E-state index contributed by atoms with van der Waals surface area (Å²) in [4.78, 5) is 16.4. The van der Waals surface area contributed by atoms with Crippen molar-refractivity contribution in [3.05, 3.63) is 46.2 Å². The van der Waals surface area contributed by atoms with Gasteiger partial charge in [0, 0.05) is 10.9 Å². The summed E-state index contributed by atoms with van der Waals surface area (Å²) in [5.41, 5.74) is 2.02. The number of hydrogen-bond donors (Lipinski definition) is 1. The number of anilines is 1. The summed E-state index contributed by atoms with van der Waals surface area (Å²) >= 11 is 1.39. The van der Waals surface area contributed by atoms with Gasteiger partial charge in [-0.05, 0) is 36.6 Å². The molecule has 0 spiro atoms. The molecule has 0 atom stereocenters. The van der Waals surface area contributed by atoms with Crippen molar-refractivity contribution in [1.82, 2.24) is 4.98 Å². The average Bonchev–Trinajstić information content (AvgIpc) is 2.77. The Balaban J connectivity index is 2.16. The van der Waals surface area contributed by atoms with Gasteiger partial charge in [0.05, 0.1) is 5.69 Å². The van der Waals surface area contributed by atoms with E-state index in [0.29, 0.717) is 22.2 Å². The van der Waals surface area contributed by atoms with Crippen molar-refractivity contribution in [1.29, 1.82) is 0 Å². The van der Waals surface area contributed by atoms with Gasteiger partial charge >= 0.3 is 0 Å². The fraction of sp³-hybridized carbons (Fsp3) is 0.286. The first-order valence-electron chi connectivity index (χ1n) is 6.00. The Labute approximate surface area is 115 Å². The molecule has 1 aromatic carbocycles. The molecule has 5 heteroatoms. The molecule has 2 rings (SSSR count). The van der Waals surface area contributed by atoms with Crippen LogP contribution in [0.25, 0.3) is 0 Å². The number of nitrogens with zero attached hydrogens (tertiary/aromatic N) is 1. The lowest BCUT2D eigenvalue weighted by Gasteiger charge is -2.05. The fourth-order valence-electron chi connectivity index (χ4n) is 1.66. The van der Waals surface area contributed by atoms with Crippen molar-refractivity contribution in [3.63, 3.8) is 0 Å². The largest absolute Gasteiger partial charge is 0.298 e. The fourth-order valence-corrected chi connectivity index (χ4v) is 2.52. The highest BCUT2D eigenvalue weighted by Gasteiger charge is 2.12. The predicted octanol–water partition coefficient (Wildman–Crippen LogP) is 3.97. The molecule has 1 amide bonds. The average molecular weight is 278 g/mol. The summed E-state index contributed by atoms with van der Waals surface area (Å²) in [7, 11) is 0. The van der Waals surface area contributed by atoms with E-state index in [1.807, 2.05) is 19.2 Å². The molecule has 0 unspecified atom stereocenters. The van der Waals surface area contributed by atoms with E-state index in [1.54, 1.807) is 6.92 Å². The van der Waals surface area contributed by atoms with Gasteiger partial charge in [-0.15, -0.1) is 11.3 Å². The summed E-state index contributed by atoms with van der Waals surface area (Å²) in [6, 6.07) is 4.11. The highest BCUT2D eigenvalue weighted by atomic mass is 32.1. The Hall–Kier alpha value is -1.75. The number of aryl methyl sites for hydroxylation is 1. The molecular weight excluding hydrogens is 263 g/mol. The first-order valence-corrected chi connectivity index (χ1v) is 6.88. The second kappa shape index (κ2) is 5.48.